The average Bonchev–Trinajstić information content (AvgIpc) is 3.28. The zero-order chi connectivity index (χ0) is 16.7. The molecule has 0 radical (unpaired) electrons. The summed E-state index contributed by atoms with van der Waals surface area (Å²) in [6.45, 7) is 1.97. The number of carbonyl (C=O) groups excluding carboxylic acids is 1. The van der Waals surface area contributed by atoms with Crippen molar-refractivity contribution in [2.24, 2.45) is 0 Å². The van der Waals surface area contributed by atoms with Gasteiger partial charge in [-0.3, -0.25) is 9.48 Å². The molecular weight excluding hydrogens is 300 g/mol. The van der Waals surface area contributed by atoms with Crippen molar-refractivity contribution in [2.75, 3.05) is 0 Å². The summed E-state index contributed by atoms with van der Waals surface area (Å²) in [6.07, 6.45) is 5.50. The van der Waals surface area contributed by atoms with Gasteiger partial charge in [-0.05, 0) is 51.2 Å². The molecule has 2 aliphatic rings. The van der Waals surface area contributed by atoms with E-state index in [-0.39, 0.29) is 5.91 Å². The quantitative estimate of drug-likeness (QED) is 0.939. The fourth-order valence-electron chi connectivity index (χ4n) is 3.14. The van der Waals surface area contributed by atoms with Crippen LogP contribution < -0.4 is 5.32 Å². The first kappa shape index (κ1) is 14.9. The highest BCUT2D eigenvalue weighted by atomic mass is 16.2. The van der Waals surface area contributed by atoms with Crippen molar-refractivity contribution in [2.45, 2.75) is 51.1 Å². The molecule has 2 aliphatic carbocycles. The van der Waals surface area contributed by atoms with E-state index >= 15 is 0 Å². The van der Waals surface area contributed by atoms with Crippen molar-refractivity contribution in [3.63, 3.8) is 0 Å². The summed E-state index contributed by atoms with van der Waals surface area (Å²) in [7, 11) is 0. The van der Waals surface area contributed by atoms with Crippen LogP contribution >= 0.6 is 0 Å². The Balaban J connectivity index is 1.75. The number of hydrogen-bond donors (Lipinski definition) is 1. The van der Waals surface area contributed by atoms with E-state index in [9.17, 15) is 4.79 Å². The highest BCUT2D eigenvalue weighted by molar-refractivity contribution is 5.96. The van der Waals surface area contributed by atoms with Gasteiger partial charge in [-0.1, -0.05) is 12.1 Å². The fourth-order valence-corrected chi connectivity index (χ4v) is 3.14. The van der Waals surface area contributed by atoms with E-state index in [0.717, 1.165) is 42.5 Å². The minimum absolute atomic E-state index is 0.00528. The molecule has 2 saturated carbocycles. The number of aromatic nitrogens is 2. The second-order valence-electron chi connectivity index (χ2n) is 6.79. The first-order chi connectivity index (χ1) is 11.7. The lowest BCUT2D eigenvalue weighted by atomic mass is 9.93. The molecule has 1 N–H and O–H groups in total. The second-order valence-corrected chi connectivity index (χ2v) is 6.79. The Morgan fingerprint density at radius 3 is 2.50 bits per heavy atom. The summed E-state index contributed by atoms with van der Waals surface area (Å²) < 4.78 is 1.93. The van der Waals surface area contributed by atoms with Crippen LogP contribution in [0.2, 0.25) is 0 Å². The van der Waals surface area contributed by atoms with Crippen molar-refractivity contribution in [1.29, 1.82) is 5.26 Å². The largest absolute Gasteiger partial charge is 0.348 e. The monoisotopic (exact) mass is 320 g/mol. The zero-order valence-electron chi connectivity index (χ0n) is 13.7. The van der Waals surface area contributed by atoms with Crippen LogP contribution in [0.25, 0.3) is 11.3 Å². The van der Waals surface area contributed by atoms with Gasteiger partial charge in [0.15, 0.2) is 0 Å². The summed E-state index contributed by atoms with van der Waals surface area (Å²) >= 11 is 0. The Hall–Kier alpha value is -2.61. The highest BCUT2D eigenvalue weighted by Gasteiger charge is 2.31. The van der Waals surface area contributed by atoms with Crippen LogP contribution in [0.4, 0.5) is 0 Å². The van der Waals surface area contributed by atoms with E-state index in [1.807, 2.05) is 23.7 Å². The first-order valence-corrected chi connectivity index (χ1v) is 8.58. The number of nitrogens with zero attached hydrogens (tertiary/aromatic N) is 3. The molecule has 4 rings (SSSR count). The summed E-state index contributed by atoms with van der Waals surface area (Å²) in [6, 6.07) is 10.2. The van der Waals surface area contributed by atoms with Gasteiger partial charge in [-0.2, -0.15) is 10.4 Å². The van der Waals surface area contributed by atoms with Crippen LogP contribution in [0.1, 0.15) is 59.8 Å². The molecular formula is C19H20N4O. The molecule has 122 valence electrons. The Kier molecular flexibility index (Phi) is 3.61. The predicted molar refractivity (Wildman–Crippen MR) is 90.5 cm³/mol. The summed E-state index contributed by atoms with van der Waals surface area (Å²) in [5.74, 6) is -0.00528. The lowest BCUT2D eigenvalue weighted by Crippen LogP contribution is -2.31. The van der Waals surface area contributed by atoms with Crippen LogP contribution in [0.15, 0.2) is 24.3 Å². The van der Waals surface area contributed by atoms with Crippen molar-refractivity contribution in [3.05, 3.63) is 41.1 Å². The van der Waals surface area contributed by atoms with E-state index in [1.54, 1.807) is 12.1 Å². The van der Waals surface area contributed by atoms with E-state index in [4.69, 9.17) is 10.4 Å². The molecule has 0 aliphatic heterocycles. The smallest absolute Gasteiger partial charge is 0.270 e. The second kappa shape index (κ2) is 5.79. The maximum absolute atomic E-state index is 12.7. The lowest BCUT2D eigenvalue weighted by Gasteiger charge is -2.27. The number of nitriles is 1. The maximum Gasteiger partial charge on any atom is 0.270 e. The fraction of sp³-hybridized carbons (Fsp3) is 0.421. The lowest BCUT2D eigenvalue weighted by molar-refractivity contribution is 0.0932. The van der Waals surface area contributed by atoms with E-state index in [2.05, 4.69) is 11.4 Å². The van der Waals surface area contributed by atoms with Gasteiger partial charge in [-0.15, -0.1) is 0 Å². The average molecular weight is 320 g/mol. The van der Waals surface area contributed by atoms with Crippen LogP contribution in [-0.4, -0.2) is 21.7 Å². The van der Waals surface area contributed by atoms with Crippen molar-refractivity contribution < 1.29 is 4.79 Å². The SMILES string of the molecule is Cc1c(-c2ccc(C#N)cc2)nn(C2CCC2)c1C(=O)NC1CC1. The zero-order valence-corrected chi connectivity index (χ0v) is 13.7. The number of rotatable bonds is 4. The Labute approximate surface area is 141 Å². The number of carbonyl (C=O) groups is 1. The van der Waals surface area contributed by atoms with Gasteiger partial charge < -0.3 is 5.32 Å². The molecule has 0 saturated heterocycles. The first-order valence-electron chi connectivity index (χ1n) is 8.58. The van der Waals surface area contributed by atoms with E-state index < -0.39 is 0 Å². The van der Waals surface area contributed by atoms with E-state index in [0.29, 0.717) is 23.3 Å². The third-order valence-electron chi connectivity index (χ3n) is 4.98. The molecule has 5 nitrogen and oxygen atoms in total. The van der Waals surface area contributed by atoms with Crippen molar-refractivity contribution in [1.82, 2.24) is 15.1 Å². The van der Waals surface area contributed by atoms with E-state index in [1.165, 1.54) is 6.42 Å². The molecule has 1 amide bonds. The molecule has 1 aromatic heterocycles. The number of nitrogens with one attached hydrogen (secondary N) is 1. The molecule has 2 fully saturated rings. The van der Waals surface area contributed by atoms with Gasteiger partial charge in [0.2, 0.25) is 0 Å². The standard InChI is InChI=1S/C19H20N4O/c1-12-17(14-7-5-13(11-20)6-8-14)22-23(16-3-2-4-16)18(12)19(24)21-15-9-10-15/h5-8,15-16H,2-4,9-10H2,1H3,(H,21,24). The molecule has 2 aromatic rings. The topological polar surface area (TPSA) is 70.7 Å². The van der Waals surface area contributed by atoms with Crippen LogP contribution in [-0.2, 0) is 0 Å². The van der Waals surface area contributed by atoms with Crippen molar-refractivity contribution in [3.8, 4) is 17.3 Å². The minimum atomic E-state index is -0.00528. The predicted octanol–water partition coefficient (Wildman–Crippen LogP) is 3.35. The third kappa shape index (κ3) is 2.58. The van der Waals surface area contributed by atoms with Gasteiger partial charge >= 0.3 is 0 Å². The Morgan fingerprint density at radius 2 is 1.96 bits per heavy atom. The van der Waals surface area contributed by atoms with Gasteiger partial charge in [0.25, 0.3) is 5.91 Å². The van der Waals surface area contributed by atoms with Gasteiger partial charge in [0, 0.05) is 17.2 Å². The molecule has 0 spiro atoms. The molecule has 0 bridgehead atoms. The molecule has 1 aromatic carbocycles. The Morgan fingerprint density at radius 1 is 1.25 bits per heavy atom. The summed E-state index contributed by atoms with van der Waals surface area (Å²) in [5, 5.41) is 16.8. The number of hydrogen-bond acceptors (Lipinski definition) is 3. The number of benzene rings is 1. The third-order valence-corrected chi connectivity index (χ3v) is 4.98. The van der Waals surface area contributed by atoms with Crippen LogP contribution in [0, 0.1) is 18.3 Å². The van der Waals surface area contributed by atoms with Crippen LogP contribution in [0.5, 0.6) is 0 Å². The minimum Gasteiger partial charge on any atom is -0.348 e. The molecule has 0 atom stereocenters. The van der Waals surface area contributed by atoms with Gasteiger partial charge in [-0.25, -0.2) is 0 Å². The van der Waals surface area contributed by atoms with Gasteiger partial charge in [0.1, 0.15) is 5.69 Å². The molecule has 1 heterocycles. The normalized spacial score (nSPS) is 17.2. The summed E-state index contributed by atoms with van der Waals surface area (Å²) in [5.41, 5.74) is 4.04. The van der Waals surface area contributed by atoms with Crippen LogP contribution in [0.3, 0.4) is 0 Å². The van der Waals surface area contributed by atoms with Crippen molar-refractivity contribution >= 4 is 5.91 Å². The Bertz CT molecular complexity index is 820. The maximum atomic E-state index is 12.7. The van der Waals surface area contributed by atoms with Gasteiger partial charge in [0.05, 0.1) is 23.4 Å². The number of amides is 1. The molecule has 5 heteroatoms. The molecule has 0 unspecified atom stereocenters. The highest BCUT2D eigenvalue weighted by Crippen LogP contribution is 2.36. The summed E-state index contributed by atoms with van der Waals surface area (Å²) in [4.78, 5) is 12.7. The molecule has 24 heavy (non-hydrogen) atoms.